The van der Waals surface area contributed by atoms with Crippen LogP contribution in [0.1, 0.15) is 19.4 Å². The van der Waals surface area contributed by atoms with Gasteiger partial charge in [-0.25, -0.2) is 0 Å². The fourth-order valence-electron chi connectivity index (χ4n) is 1.36. The van der Waals surface area contributed by atoms with Crippen LogP contribution in [0.2, 0.25) is 10.0 Å². The molecule has 94 valence electrons. The van der Waals surface area contributed by atoms with Gasteiger partial charge in [-0.05, 0) is 23.3 Å². The number of Topliss-reactive ketones (excluding diaryl/α,β-unsaturated/α-hetero) is 1. The van der Waals surface area contributed by atoms with E-state index < -0.39 is 0 Å². The summed E-state index contributed by atoms with van der Waals surface area (Å²) >= 11 is 13.6. The van der Waals surface area contributed by atoms with Gasteiger partial charge in [0, 0.05) is 6.42 Å². The second-order valence-corrected chi connectivity index (χ2v) is 6.15. The van der Waals surface area contributed by atoms with Gasteiger partial charge in [-0.2, -0.15) is 11.8 Å². The maximum absolute atomic E-state index is 11.7. The van der Waals surface area contributed by atoms with E-state index in [9.17, 15) is 4.79 Å². The van der Waals surface area contributed by atoms with Crippen molar-refractivity contribution in [3.63, 3.8) is 0 Å². The number of hydrogen-bond acceptors (Lipinski definition) is 2. The van der Waals surface area contributed by atoms with E-state index in [-0.39, 0.29) is 5.78 Å². The Labute approximate surface area is 117 Å². The molecule has 0 saturated carbocycles. The molecule has 0 saturated heterocycles. The van der Waals surface area contributed by atoms with Crippen LogP contribution in [0.15, 0.2) is 18.2 Å². The summed E-state index contributed by atoms with van der Waals surface area (Å²) in [5.74, 6) is 2.36. The van der Waals surface area contributed by atoms with Gasteiger partial charge in [0.15, 0.2) is 0 Å². The fourth-order valence-corrected chi connectivity index (χ4v) is 2.66. The van der Waals surface area contributed by atoms with Gasteiger partial charge in [-0.1, -0.05) is 49.2 Å². The molecule has 0 N–H and O–H groups in total. The molecule has 0 atom stereocenters. The van der Waals surface area contributed by atoms with Crippen LogP contribution < -0.4 is 0 Å². The molecule has 0 aliphatic heterocycles. The van der Waals surface area contributed by atoms with Crippen molar-refractivity contribution in [2.75, 3.05) is 11.5 Å². The molecule has 0 aliphatic carbocycles. The number of thioether (sulfide) groups is 1. The lowest BCUT2D eigenvalue weighted by atomic mass is 10.1. The number of carbonyl (C=O) groups excluding carboxylic acids is 1. The summed E-state index contributed by atoms with van der Waals surface area (Å²) in [6, 6.07) is 5.39. The van der Waals surface area contributed by atoms with Gasteiger partial charge in [0.1, 0.15) is 5.78 Å². The lowest BCUT2D eigenvalue weighted by molar-refractivity contribution is -0.116. The molecule has 0 aliphatic rings. The molecular formula is C13H16Cl2OS. The molecule has 0 unspecified atom stereocenters. The molecule has 1 aromatic carbocycles. The van der Waals surface area contributed by atoms with Gasteiger partial charge in [0.05, 0.1) is 15.8 Å². The van der Waals surface area contributed by atoms with Crippen molar-refractivity contribution >= 4 is 40.7 Å². The van der Waals surface area contributed by atoms with Gasteiger partial charge in [0.2, 0.25) is 0 Å². The molecule has 17 heavy (non-hydrogen) atoms. The van der Waals surface area contributed by atoms with Crippen LogP contribution in [-0.2, 0) is 11.2 Å². The lowest BCUT2D eigenvalue weighted by Gasteiger charge is -2.06. The number of carbonyl (C=O) groups is 1. The molecule has 4 heteroatoms. The van der Waals surface area contributed by atoms with E-state index >= 15 is 0 Å². The predicted octanol–water partition coefficient (Wildman–Crippen LogP) is 4.49. The first kappa shape index (κ1) is 14.9. The Bertz CT molecular complexity index is 391. The summed E-state index contributed by atoms with van der Waals surface area (Å²) in [4.78, 5) is 11.7. The molecule has 1 rings (SSSR count). The highest BCUT2D eigenvalue weighted by Gasteiger charge is 2.09. The SMILES string of the molecule is CC(C)CSCC(=O)Cc1cccc(Cl)c1Cl. The van der Waals surface area contributed by atoms with E-state index in [0.717, 1.165) is 11.3 Å². The van der Waals surface area contributed by atoms with Gasteiger partial charge in [-0.15, -0.1) is 0 Å². The first-order valence-corrected chi connectivity index (χ1v) is 7.44. The minimum Gasteiger partial charge on any atom is -0.298 e. The molecule has 1 aromatic rings. The standard InChI is InChI=1S/C13H16Cl2OS/c1-9(2)7-17-8-11(16)6-10-4-3-5-12(14)13(10)15/h3-5,9H,6-8H2,1-2H3. The van der Waals surface area contributed by atoms with E-state index in [1.54, 1.807) is 17.8 Å². The Kier molecular flexibility index (Phi) is 6.39. The van der Waals surface area contributed by atoms with Crippen LogP contribution in [-0.4, -0.2) is 17.3 Å². The minimum absolute atomic E-state index is 0.194. The molecule has 1 nitrogen and oxygen atoms in total. The molecule has 0 aromatic heterocycles. The topological polar surface area (TPSA) is 17.1 Å². The van der Waals surface area contributed by atoms with Crippen molar-refractivity contribution in [1.82, 2.24) is 0 Å². The van der Waals surface area contributed by atoms with Gasteiger partial charge in [-0.3, -0.25) is 4.79 Å². The normalized spacial score (nSPS) is 10.9. The third-order valence-electron chi connectivity index (χ3n) is 2.13. The molecule has 0 bridgehead atoms. The van der Waals surface area contributed by atoms with Gasteiger partial charge in [0.25, 0.3) is 0 Å². The minimum atomic E-state index is 0.194. The van der Waals surface area contributed by atoms with Gasteiger partial charge >= 0.3 is 0 Å². The second kappa shape index (κ2) is 7.30. The summed E-state index contributed by atoms with van der Waals surface area (Å²) < 4.78 is 0. The van der Waals surface area contributed by atoms with Crippen LogP contribution >= 0.6 is 35.0 Å². The molecule has 0 fully saturated rings. The lowest BCUT2D eigenvalue weighted by Crippen LogP contribution is -2.07. The summed E-state index contributed by atoms with van der Waals surface area (Å²) in [6.07, 6.45) is 0.366. The summed E-state index contributed by atoms with van der Waals surface area (Å²) in [5.41, 5.74) is 0.814. The summed E-state index contributed by atoms with van der Waals surface area (Å²) in [7, 11) is 0. The third-order valence-corrected chi connectivity index (χ3v) is 4.42. The average Bonchev–Trinajstić information content (AvgIpc) is 2.24. The fraction of sp³-hybridized carbons (Fsp3) is 0.462. The number of rotatable bonds is 6. The highest BCUT2D eigenvalue weighted by molar-refractivity contribution is 7.99. The largest absolute Gasteiger partial charge is 0.298 e. The van der Waals surface area contributed by atoms with E-state index in [1.807, 2.05) is 12.1 Å². The number of ketones is 1. The average molecular weight is 291 g/mol. The first-order valence-electron chi connectivity index (χ1n) is 5.53. The number of hydrogen-bond donors (Lipinski definition) is 0. The van der Waals surface area contributed by atoms with Crippen molar-refractivity contribution < 1.29 is 4.79 Å². The predicted molar refractivity (Wildman–Crippen MR) is 77.3 cm³/mol. The van der Waals surface area contributed by atoms with E-state index in [1.165, 1.54) is 0 Å². The Morgan fingerprint density at radius 3 is 2.71 bits per heavy atom. The van der Waals surface area contributed by atoms with Crippen molar-refractivity contribution in [3.05, 3.63) is 33.8 Å². The van der Waals surface area contributed by atoms with Crippen molar-refractivity contribution in [1.29, 1.82) is 0 Å². The monoisotopic (exact) mass is 290 g/mol. The summed E-state index contributed by atoms with van der Waals surface area (Å²) in [6.45, 7) is 4.29. The smallest absolute Gasteiger partial charge is 0.147 e. The first-order chi connectivity index (χ1) is 8.00. The van der Waals surface area contributed by atoms with E-state index in [4.69, 9.17) is 23.2 Å². The molecule has 0 heterocycles. The molecular weight excluding hydrogens is 275 g/mol. The van der Waals surface area contributed by atoms with Gasteiger partial charge < -0.3 is 0 Å². The third kappa shape index (κ3) is 5.33. The van der Waals surface area contributed by atoms with Crippen LogP contribution in [0, 0.1) is 5.92 Å². The molecule has 0 amide bonds. The Hall–Kier alpha value is -0.180. The maximum atomic E-state index is 11.7. The summed E-state index contributed by atoms with van der Waals surface area (Å²) in [5, 5.41) is 1.00. The van der Waals surface area contributed by atoms with E-state index in [0.29, 0.717) is 28.1 Å². The Morgan fingerprint density at radius 1 is 1.35 bits per heavy atom. The Balaban J connectivity index is 2.48. The zero-order valence-corrected chi connectivity index (χ0v) is 12.3. The van der Waals surface area contributed by atoms with Crippen molar-refractivity contribution in [3.8, 4) is 0 Å². The number of benzene rings is 1. The van der Waals surface area contributed by atoms with Crippen molar-refractivity contribution in [2.24, 2.45) is 5.92 Å². The molecule has 0 radical (unpaired) electrons. The highest BCUT2D eigenvalue weighted by Crippen LogP contribution is 2.26. The molecule has 0 spiro atoms. The maximum Gasteiger partial charge on any atom is 0.147 e. The van der Waals surface area contributed by atoms with Crippen LogP contribution in [0.5, 0.6) is 0 Å². The zero-order valence-electron chi connectivity index (χ0n) is 10.0. The number of halogens is 2. The van der Waals surface area contributed by atoms with Crippen LogP contribution in [0.4, 0.5) is 0 Å². The second-order valence-electron chi connectivity index (χ2n) is 4.34. The van der Waals surface area contributed by atoms with Crippen LogP contribution in [0.25, 0.3) is 0 Å². The van der Waals surface area contributed by atoms with Crippen LogP contribution in [0.3, 0.4) is 0 Å². The quantitative estimate of drug-likeness (QED) is 0.768. The Morgan fingerprint density at radius 2 is 2.06 bits per heavy atom. The zero-order chi connectivity index (χ0) is 12.8. The van der Waals surface area contributed by atoms with Crippen molar-refractivity contribution in [2.45, 2.75) is 20.3 Å². The van der Waals surface area contributed by atoms with E-state index in [2.05, 4.69) is 13.8 Å². The highest BCUT2D eigenvalue weighted by atomic mass is 35.5.